The van der Waals surface area contributed by atoms with Gasteiger partial charge in [0.2, 0.25) is 11.8 Å². The van der Waals surface area contributed by atoms with Gasteiger partial charge in [0.05, 0.1) is 17.6 Å². The number of amides is 3. The Hall–Kier alpha value is -3.41. The standard InChI is InChI=1S/C22H23F3N6O3/c1-29-16-7-14(26)19(22(23,24)25)30(17(16)8-27-29)9-11-2-3-13-12(6-11)10-31(21(13)34)15-4-5-18(32)28-20(15)33/h2-3,6,8,14-15,19H,4-5,7,9-10,26H2,1H3,(H,28,32,33). The Morgan fingerprint density at radius 2 is 2.00 bits per heavy atom. The highest BCUT2D eigenvalue weighted by Crippen LogP contribution is 2.39. The van der Waals surface area contributed by atoms with Crippen LogP contribution in [0.4, 0.5) is 18.9 Å². The van der Waals surface area contributed by atoms with Gasteiger partial charge in [-0.2, -0.15) is 18.3 Å². The summed E-state index contributed by atoms with van der Waals surface area (Å²) in [4.78, 5) is 39.2. The van der Waals surface area contributed by atoms with Crippen LogP contribution in [-0.4, -0.2) is 56.7 Å². The molecule has 180 valence electrons. The first-order valence-electron chi connectivity index (χ1n) is 10.9. The highest BCUT2D eigenvalue weighted by Gasteiger charge is 2.51. The molecule has 0 bridgehead atoms. The van der Waals surface area contributed by atoms with E-state index in [1.807, 2.05) is 0 Å². The number of alkyl halides is 3. The number of aromatic nitrogens is 2. The first-order chi connectivity index (χ1) is 16.0. The molecule has 3 N–H and O–H groups in total. The zero-order valence-electron chi connectivity index (χ0n) is 18.3. The van der Waals surface area contributed by atoms with Gasteiger partial charge in [0, 0.05) is 44.6 Å². The van der Waals surface area contributed by atoms with Crippen molar-refractivity contribution in [3.05, 3.63) is 46.8 Å². The fourth-order valence-corrected chi connectivity index (χ4v) is 5.17. The lowest BCUT2D eigenvalue weighted by Crippen LogP contribution is -2.59. The molecule has 1 saturated heterocycles. The molecule has 9 nitrogen and oxygen atoms in total. The van der Waals surface area contributed by atoms with Crippen molar-refractivity contribution in [1.82, 2.24) is 20.0 Å². The van der Waals surface area contributed by atoms with Crippen LogP contribution in [0.2, 0.25) is 0 Å². The summed E-state index contributed by atoms with van der Waals surface area (Å²) >= 11 is 0. The molecule has 0 radical (unpaired) electrons. The van der Waals surface area contributed by atoms with Crippen LogP contribution < -0.4 is 16.0 Å². The van der Waals surface area contributed by atoms with Gasteiger partial charge in [-0.25, -0.2) is 0 Å². The monoisotopic (exact) mass is 476 g/mol. The van der Waals surface area contributed by atoms with Crippen LogP contribution in [-0.2, 0) is 36.1 Å². The smallest absolute Gasteiger partial charge is 0.351 e. The zero-order valence-corrected chi connectivity index (χ0v) is 18.3. The summed E-state index contributed by atoms with van der Waals surface area (Å²) in [6, 6.07) is 1.11. The summed E-state index contributed by atoms with van der Waals surface area (Å²) in [5.41, 5.74) is 8.59. The number of hydrogen-bond acceptors (Lipinski definition) is 6. The molecule has 4 heterocycles. The minimum absolute atomic E-state index is 0.0616. The summed E-state index contributed by atoms with van der Waals surface area (Å²) in [5, 5.41) is 6.37. The molecular weight excluding hydrogens is 453 g/mol. The van der Waals surface area contributed by atoms with Crippen molar-refractivity contribution in [2.45, 2.75) is 56.7 Å². The Balaban J connectivity index is 1.43. The minimum Gasteiger partial charge on any atom is -0.351 e. The fraction of sp³-hybridized carbons (Fsp3) is 0.455. The van der Waals surface area contributed by atoms with Crippen LogP contribution in [0, 0.1) is 0 Å². The number of carbonyl (C=O) groups excluding carboxylic acids is 3. The lowest BCUT2D eigenvalue weighted by molar-refractivity contribution is -0.154. The minimum atomic E-state index is -4.54. The van der Waals surface area contributed by atoms with E-state index < -0.39 is 30.2 Å². The largest absolute Gasteiger partial charge is 0.410 e. The number of imide groups is 1. The van der Waals surface area contributed by atoms with Crippen molar-refractivity contribution in [2.75, 3.05) is 4.90 Å². The molecule has 0 aliphatic carbocycles. The van der Waals surface area contributed by atoms with E-state index in [1.54, 1.807) is 25.2 Å². The maximum absolute atomic E-state index is 14.0. The van der Waals surface area contributed by atoms with Crippen molar-refractivity contribution in [3.8, 4) is 0 Å². The van der Waals surface area contributed by atoms with Crippen molar-refractivity contribution in [1.29, 1.82) is 0 Å². The topological polar surface area (TPSA) is 114 Å². The number of nitrogens with zero attached hydrogens (tertiary/aromatic N) is 4. The number of fused-ring (bicyclic) bond motifs is 2. The van der Waals surface area contributed by atoms with Crippen LogP contribution >= 0.6 is 0 Å². The molecule has 34 heavy (non-hydrogen) atoms. The summed E-state index contributed by atoms with van der Waals surface area (Å²) in [7, 11) is 1.67. The van der Waals surface area contributed by atoms with Crippen molar-refractivity contribution >= 4 is 23.4 Å². The molecule has 5 rings (SSSR count). The van der Waals surface area contributed by atoms with Gasteiger partial charge in [-0.05, 0) is 23.6 Å². The van der Waals surface area contributed by atoms with Gasteiger partial charge in [0.1, 0.15) is 12.1 Å². The predicted molar refractivity (Wildman–Crippen MR) is 113 cm³/mol. The molecule has 0 saturated carbocycles. The first-order valence-corrected chi connectivity index (χ1v) is 10.9. The second-order valence-electron chi connectivity index (χ2n) is 8.97. The number of nitrogens with one attached hydrogen (secondary N) is 1. The Labute approximate surface area is 192 Å². The second kappa shape index (κ2) is 7.83. The van der Waals surface area contributed by atoms with Gasteiger partial charge in [-0.1, -0.05) is 12.1 Å². The molecule has 1 aromatic heterocycles. The third-order valence-electron chi connectivity index (χ3n) is 6.80. The van der Waals surface area contributed by atoms with Crippen molar-refractivity contribution in [3.63, 3.8) is 0 Å². The van der Waals surface area contributed by atoms with Gasteiger partial charge in [0.25, 0.3) is 5.91 Å². The highest BCUT2D eigenvalue weighted by molar-refractivity contribution is 6.05. The van der Waals surface area contributed by atoms with Crippen LogP contribution in [0.25, 0.3) is 0 Å². The molecule has 2 aromatic rings. The maximum atomic E-state index is 14.0. The number of benzene rings is 1. The van der Waals surface area contributed by atoms with Crippen LogP contribution in [0.15, 0.2) is 24.4 Å². The van der Waals surface area contributed by atoms with Crippen LogP contribution in [0.3, 0.4) is 0 Å². The molecule has 3 unspecified atom stereocenters. The van der Waals surface area contributed by atoms with Crippen molar-refractivity contribution < 1.29 is 27.6 Å². The van der Waals surface area contributed by atoms with Gasteiger partial charge in [-0.3, -0.25) is 24.4 Å². The van der Waals surface area contributed by atoms with E-state index in [-0.39, 0.29) is 44.2 Å². The van der Waals surface area contributed by atoms with Crippen LogP contribution in [0.5, 0.6) is 0 Å². The Morgan fingerprint density at radius 3 is 2.71 bits per heavy atom. The maximum Gasteiger partial charge on any atom is 0.410 e. The van der Waals surface area contributed by atoms with E-state index in [4.69, 9.17) is 5.73 Å². The molecule has 3 atom stereocenters. The SMILES string of the molecule is Cn1ncc2c1CC(N)C(C(F)(F)F)N2Cc1ccc2c(c1)CN(C1CCC(=O)NC1=O)C2=O. The van der Waals surface area contributed by atoms with Crippen LogP contribution in [0.1, 0.15) is 40.0 Å². The number of aryl methyl sites for hydroxylation is 1. The van der Waals surface area contributed by atoms with E-state index in [2.05, 4.69) is 10.4 Å². The highest BCUT2D eigenvalue weighted by atomic mass is 19.4. The van der Waals surface area contributed by atoms with Gasteiger partial charge < -0.3 is 15.5 Å². The molecule has 1 fully saturated rings. The molecule has 0 spiro atoms. The molecular formula is C22H23F3N6O3. The molecule has 1 aromatic carbocycles. The average Bonchev–Trinajstić information content (AvgIpc) is 3.27. The molecule has 3 aliphatic heterocycles. The summed E-state index contributed by atoms with van der Waals surface area (Å²) in [5.74, 6) is -1.22. The summed E-state index contributed by atoms with van der Waals surface area (Å²) < 4.78 is 43.5. The number of rotatable bonds is 3. The van der Waals surface area contributed by atoms with Gasteiger partial charge >= 0.3 is 6.18 Å². The Kier molecular flexibility index (Phi) is 5.15. The number of carbonyl (C=O) groups is 3. The molecule has 3 amide bonds. The number of piperidine rings is 1. The summed E-state index contributed by atoms with van der Waals surface area (Å²) in [6.07, 6.45) is -2.68. The first kappa shape index (κ1) is 22.4. The fourth-order valence-electron chi connectivity index (χ4n) is 5.17. The normalized spacial score (nSPS) is 24.9. The van der Waals surface area contributed by atoms with E-state index in [9.17, 15) is 27.6 Å². The third-order valence-corrected chi connectivity index (χ3v) is 6.80. The molecule has 3 aliphatic rings. The van der Waals surface area contributed by atoms with Gasteiger partial charge in [0.15, 0.2) is 0 Å². The lowest BCUT2D eigenvalue weighted by atomic mass is 9.94. The van der Waals surface area contributed by atoms with E-state index in [1.165, 1.54) is 20.7 Å². The number of halogens is 3. The Bertz CT molecular complexity index is 1190. The molecule has 12 heteroatoms. The predicted octanol–water partition coefficient (Wildman–Crippen LogP) is 1.00. The number of nitrogens with two attached hydrogens (primary N) is 1. The summed E-state index contributed by atoms with van der Waals surface area (Å²) in [6.45, 7) is 0.0745. The van der Waals surface area contributed by atoms with Crippen molar-refractivity contribution in [2.24, 2.45) is 12.8 Å². The number of hydrogen-bond donors (Lipinski definition) is 2. The lowest BCUT2D eigenvalue weighted by Gasteiger charge is -2.41. The number of anilines is 1. The Morgan fingerprint density at radius 1 is 1.24 bits per heavy atom. The zero-order chi connectivity index (χ0) is 24.4. The average molecular weight is 476 g/mol. The van der Waals surface area contributed by atoms with E-state index >= 15 is 0 Å². The van der Waals surface area contributed by atoms with E-state index in [0.717, 1.165) is 0 Å². The van der Waals surface area contributed by atoms with E-state index in [0.29, 0.717) is 28.1 Å². The van der Waals surface area contributed by atoms with Gasteiger partial charge in [-0.15, -0.1) is 0 Å². The third kappa shape index (κ3) is 3.61. The quantitative estimate of drug-likeness (QED) is 0.640. The second-order valence-corrected chi connectivity index (χ2v) is 8.97.